The molecule has 0 aromatic heterocycles. The Morgan fingerprint density at radius 1 is 1.57 bits per heavy atom. The Kier molecular flexibility index (Phi) is 4.39. The van der Waals surface area contributed by atoms with Crippen molar-refractivity contribution in [3.63, 3.8) is 0 Å². The summed E-state index contributed by atoms with van der Waals surface area (Å²) in [6.07, 6.45) is 1.87. The number of nitrogens with one attached hydrogen (secondary N) is 2. The maximum absolute atomic E-state index is 12.1. The molecule has 1 aromatic carbocycles. The fraction of sp³-hybridized carbons (Fsp3) is 0.462. The van der Waals surface area contributed by atoms with E-state index in [1.165, 1.54) is 18.2 Å². The van der Waals surface area contributed by atoms with Crippen molar-refractivity contribution in [1.29, 1.82) is 0 Å². The predicted molar refractivity (Wildman–Crippen MR) is 76.8 cm³/mol. The van der Waals surface area contributed by atoms with Crippen LogP contribution in [0.1, 0.15) is 30.1 Å². The van der Waals surface area contributed by atoms with Crippen LogP contribution in [0.5, 0.6) is 0 Å². The van der Waals surface area contributed by atoms with Crippen molar-refractivity contribution in [2.45, 2.75) is 25.4 Å². The average Bonchev–Trinajstić information content (AvgIpc) is 2.91. The fourth-order valence-electron chi connectivity index (χ4n) is 2.30. The van der Waals surface area contributed by atoms with Crippen molar-refractivity contribution in [3.8, 4) is 0 Å². The van der Waals surface area contributed by atoms with Crippen molar-refractivity contribution in [3.05, 3.63) is 33.9 Å². The van der Waals surface area contributed by atoms with Gasteiger partial charge in [-0.15, -0.1) is 0 Å². The summed E-state index contributed by atoms with van der Waals surface area (Å²) in [5.41, 5.74) is 2.10. The summed E-state index contributed by atoms with van der Waals surface area (Å²) in [6.45, 7) is 3.04. The van der Waals surface area contributed by atoms with Crippen LogP contribution in [0.25, 0.3) is 0 Å². The third-order valence-corrected chi connectivity index (χ3v) is 3.53. The number of ether oxygens (including phenoxy) is 1. The number of carbonyl (C=O) groups excluding carboxylic acids is 1. The standard InChI is InChI=1S/C13H18N4O4/c1-13(5-2-6-21-13)8-15-12(18)9-3-4-11(17(19)20)10(7-9)16-14/h3-4,7,16H,2,5-6,8,14H2,1H3,(H,15,18). The summed E-state index contributed by atoms with van der Waals surface area (Å²) >= 11 is 0. The molecule has 1 fully saturated rings. The van der Waals surface area contributed by atoms with Crippen LogP contribution in [0, 0.1) is 10.1 Å². The van der Waals surface area contributed by atoms with Gasteiger partial charge in [-0.3, -0.25) is 20.8 Å². The van der Waals surface area contributed by atoms with Gasteiger partial charge in [-0.1, -0.05) is 0 Å². The molecule has 8 heteroatoms. The molecule has 1 saturated heterocycles. The zero-order valence-electron chi connectivity index (χ0n) is 11.7. The molecular formula is C13H18N4O4. The molecule has 21 heavy (non-hydrogen) atoms. The number of amides is 1. The van der Waals surface area contributed by atoms with Gasteiger partial charge in [0.15, 0.2) is 0 Å². The van der Waals surface area contributed by atoms with Crippen LogP contribution in [0.4, 0.5) is 11.4 Å². The van der Waals surface area contributed by atoms with E-state index in [1.54, 1.807) is 0 Å². The number of anilines is 1. The van der Waals surface area contributed by atoms with Crippen LogP contribution < -0.4 is 16.6 Å². The summed E-state index contributed by atoms with van der Waals surface area (Å²) in [7, 11) is 0. The van der Waals surface area contributed by atoms with Crippen LogP contribution in [0.15, 0.2) is 18.2 Å². The van der Waals surface area contributed by atoms with Crippen LogP contribution in [-0.2, 0) is 4.74 Å². The summed E-state index contributed by atoms with van der Waals surface area (Å²) < 4.78 is 5.59. The number of hydrazine groups is 1. The van der Waals surface area contributed by atoms with Crippen LogP contribution in [0.3, 0.4) is 0 Å². The zero-order valence-corrected chi connectivity index (χ0v) is 11.7. The van der Waals surface area contributed by atoms with Gasteiger partial charge in [-0.05, 0) is 31.9 Å². The van der Waals surface area contributed by atoms with E-state index in [0.717, 1.165) is 12.8 Å². The Labute approximate surface area is 121 Å². The number of nitro benzene ring substituents is 1. The summed E-state index contributed by atoms with van der Waals surface area (Å²) in [4.78, 5) is 22.3. The number of hydrogen-bond acceptors (Lipinski definition) is 6. The highest BCUT2D eigenvalue weighted by Gasteiger charge is 2.30. The number of nitrogens with zero attached hydrogens (tertiary/aromatic N) is 1. The minimum atomic E-state index is -0.565. The van der Waals surface area contributed by atoms with Crippen molar-refractivity contribution >= 4 is 17.3 Å². The largest absolute Gasteiger partial charge is 0.373 e. The second kappa shape index (κ2) is 6.06. The molecular weight excluding hydrogens is 276 g/mol. The smallest absolute Gasteiger partial charge is 0.293 e. The zero-order chi connectivity index (χ0) is 15.5. The average molecular weight is 294 g/mol. The number of nitro groups is 1. The molecule has 114 valence electrons. The minimum Gasteiger partial charge on any atom is -0.373 e. The summed E-state index contributed by atoms with van der Waals surface area (Å²) in [5.74, 6) is 4.92. The number of carbonyl (C=O) groups is 1. The minimum absolute atomic E-state index is 0.0935. The Bertz CT molecular complexity index is 555. The number of nitrogen functional groups attached to an aromatic ring is 1. The number of nitrogens with two attached hydrogens (primary N) is 1. The normalized spacial score (nSPS) is 21.0. The first-order chi connectivity index (χ1) is 9.95. The highest BCUT2D eigenvalue weighted by molar-refractivity contribution is 5.95. The van der Waals surface area contributed by atoms with Gasteiger partial charge in [0.25, 0.3) is 11.6 Å². The lowest BCUT2D eigenvalue weighted by molar-refractivity contribution is -0.384. The van der Waals surface area contributed by atoms with E-state index in [9.17, 15) is 14.9 Å². The van der Waals surface area contributed by atoms with Crippen LogP contribution in [-0.4, -0.2) is 29.6 Å². The molecule has 0 saturated carbocycles. The lowest BCUT2D eigenvalue weighted by Crippen LogP contribution is -2.40. The first-order valence-corrected chi connectivity index (χ1v) is 6.62. The van der Waals surface area contributed by atoms with E-state index < -0.39 is 4.92 Å². The maximum atomic E-state index is 12.1. The van der Waals surface area contributed by atoms with Gasteiger partial charge in [0.1, 0.15) is 5.69 Å². The highest BCUT2D eigenvalue weighted by Crippen LogP contribution is 2.26. The monoisotopic (exact) mass is 294 g/mol. The van der Waals surface area contributed by atoms with Crippen LogP contribution >= 0.6 is 0 Å². The van der Waals surface area contributed by atoms with Crippen LogP contribution in [0.2, 0.25) is 0 Å². The lowest BCUT2D eigenvalue weighted by atomic mass is 10.0. The second-order valence-electron chi connectivity index (χ2n) is 5.22. The molecule has 1 aliphatic rings. The summed E-state index contributed by atoms with van der Waals surface area (Å²) in [5, 5.41) is 13.6. The third kappa shape index (κ3) is 3.47. The molecule has 1 atom stereocenters. The molecule has 1 heterocycles. The van der Waals surface area contributed by atoms with Gasteiger partial charge < -0.3 is 15.5 Å². The SMILES string of the molecule is CC1(CNC(=O)c2ccc([N+](=O)[O-])c(NN)c2)CCCO1. The summed E-state index contributed by atoms with van der Waals surface area (Å²) in [6, 6.07) is 4.00. The highest BCUT2D eigenvalue weighted by atomic mass is 16.6. The van der Waals surface area contributed by atoms with E-state index in [2.05, 4.69) is 10.7 Å². The van der Waals surface area contributed by atoms with Gasteiger partial charge in [0, 0.05) is 24.8 Å². The molecule has 0 radical (unpaired) electrons. The number of rotatable bonds is 5. The second-order valence-corrected chi connectivity index (χ2v) is 5.22. The first kappa shape index (κ1) is 15.2. The Hall–Kier alpha value is -2.19. The van der Waals surface area contributed by atoms with Gasteiger partial charge in [0.2, 0.25) is 0 Å². The van der Waals surface area contributed by atoms with E-state index in [0.29, 0.717) is 18.7 Å². The van der Waals surface area contributed by atoms with Gasteiger partial charge in [0.05, 0.1) is 10.5 Å². The van der Waals surface area contributed by atoms with Crippen molar-refractivity contribution in [2.75, 3.05) is 18.6 Å². The van der Waals surface area contributed by atoms with Crippen molar-refractivity contribution in [2.24, 2.45) is 5.84 Å². The molecule has 1 aromatic rings. The van der Waals surface area contributed by atoms with E-state index in [4.69, 9.17) is 10.6 Å². The molecule has 1 unspecified atom stereocenters. The predicted octanol–water partition coefficient (Wildman–Crippen LogP) is 1.18. The van der Waals surface area contributed by atoms with E-state index in [-0.39, 0.29) is 22.9 Å². The van der Waals surface area contributed by atoms with Crippen molar-refractivity contribution < 1.29 is 14.5 Å². The van der Waals surface area contributed by atoms with Crippen molar-refractivity contribution in [1.82, 2.24) is 5.32 Å². The van der Waals surface area contributed by atoms with Gasteiger partial charge in [-0.2, -0.15) is 0 Å². The molecule has 4 N–H and O–H groups in total. The quantitative estimate of drug-likeness (QED) is 0.426. The fourth-order valence-corrected chi connectivity index (χ4v) is 2.30. The molecule has 0 bridgehead atoms. The molecule has 2 rings (SSSR count). The maximum Gasteiger partial charge on any atom is 0.293 e. The Morgan fingerprint density at radius 3 is 2.90 bits per heavy atom. The molecule has 1 aliphatic heterocycles. The Balaban J connectivity index is 2.07. The van der Waals surface area contributed by atoms with E-state index in [1.807, 2.05) is 6.92 Å². The van der Waals surface area contributed by atoms with Gasteiger partial charge in [-0.25, -0.2) is 0 Å². The van der Waals surface area contributed by atoms with Gasteiger partial charge >= 0.3 is 0 Å². The molecule has 1 amide bonds. The number of benzene rings is 1. The molecule has 8 nitrogen and oxygen atoms in total. The molecule has 0 aliphatic carbocycles. The Morgan fingerprint density at radius 2 is 2.33 bits per heavy atom. The third-order valence-electron chi connectivity index (χ3n) is 3.53. The lowest BCUT2D eigenvalue weighted by Gasteiger charge is -2.23. The number of hydrogen-bond donors (Lipinski definition) is 3. The first-order valence-electron chi connectivity index (χ1n) is 6.62. The topological polar surface area (TPSA) is 120 Å². The van der Waals surface area contributed by atoms with E-state index >= 15 is 0 Å². The molecule has 0 spiro atoms.